The van der Waals surface area contributed by atoms with E-state index in [2.05, 4.69) is 52.5 Å². The molecule has 0 bridgehead atoms. The van der Waals surface area contributed by atoms with Gasteiger partial charge in [0.15, 0.2) is 0 Å². The number of likely N-dealkylation sites (N-methyl/N-ethyl adjacent to an activating group) is 1. The van der Waals surface area contributed by atoms with E-state index in [9.17, 15) is 18.0 Å². The molecular formula is C24H34ClF3N8O2. The van der Waals surface area contributed by atoms with Crippen molar-refractivity contribution in [3.63, 3.8) is 0 Å². The minimum Gasteiger partial charge on any atom is -0.405 e. The van der Waals surface area contributed by atoms with Crippen LogP contribution in [0.4, 0.5) is 31.0 Å². The van der Waals surface area contributed by atoms with Crippen molar-refractivity contribution in [1.29, 1.82) is 0 Å². The molecule has 2 aliphatic rings. The highest BCUT2D eigenvalue weighted by Gasteiger charge is 2.32. The summed E-state index contributed by atoms with van der Waals surface area (Å²) in [6, 6.07) is 5.92. The smallest absolute Gasteiger partial charge is 0.405 e. The predicted molar refractivity (Wildman–Crippen MR) is 141 cm³/mol. The van der Waals surface area contributed by atoms with Gasteiger partial charge in [0.1, 0.15) is 5.75 Å². The summed E-state index contributed by atoms with van der Waals surface area (Å²) in [4.78, 5) is 30.7. The number of nitrogens with zero attached hydrogens (tertiary/aromatic N) is 5. The lowest BCUT2D eigenvalue weighted by Gasteiger charge is -2.33. The number of para-hydroxylation sites is 1. The quantitative estimate of drug-likeness (QED) is 0.450. The van der Waals surface area contributed by atoms with Gasteiger partial charge < -0.3 is 30.5 Å². The van der Waals surface area contributed by atoms with E-state index >= 15 is 0 Å². The van der Waals surface area contributed by atoms with E-state index in [4.69, 9.17) is 0 Å². The first-order valence-corrected chi connectivity index (χ1v) is 12.5. The van der Waals surface area contributed by atoms with Crippen LogP contribution in [0, 0.1) is 5.92 Å². The fourth-order valence-electron chi connectivity index (χ4n) is 4.57. The van der Waals surface area contributed by atoms with E-state index < -0.39 is 6.36 Å². The Morgan fingerprint density at radius 3 is 2.34 bits per heavy atom. The molecule has 0 unspecified atom stereocenters. The molecule has 1 aliphatic heterocycles. The normalized spacial score (nSPS) is 20.3. The van der Waals surface area contributed by atoms with E-state index in [0.717, 1.165) is 39.0 Å². The number of hydrogen-bond acceptors (Lipinski definition) is 9. The molecular weight excluding hydrogens is 525 g/mol. The van der Waals surface area contributed by atoms with Crippen LogP contribution in [0.15, 0.2) is 24.3 Å². The van der Waals surface area contributed by atoms with Crippen LogP contribution >= 0.6 is 12.4 Å². The Hall–Kier alpha value is -3.06. The van der Waals surface area contributed by atoms with Crippen molar-refractivity contribution in [2.75, 3.05) is 55.8 Å². The van der Waals surface area contributed by atoms with Gasteiger partial charge in [0.25, 0.3) is 0 Å². The van der Waals surface area contributed by atoms with Gasteiger partial charge in [0, 0.05) is 57.3 Å². The minimum absolute atomic E-state index is 0. The largest absolute Gasteiger partial charge is 0.573 e. The van der Waals surface area contributed by atoms with E-state index in [1.165, 1.54) is 18.2 Å². The fraction of sp³-hybridized carbons (Fsp3) is 0.583. The Balaban J connectivity index is 0.00000400. The average Bonchev–Trinajstić information content (AvgIpc) is 2.88. The second kappa shape index (κ2) is 13.1. The summed E-state index contributed by atoms with van der Waals surface area (Å²) in [5.74, 6) is 0.947. The molecule has 0 atom stereocenters. The van der Waals surface area contributed by atoms with E-state index in [0.29, 0.717) is 30.7 Å². The lowest BCUT2D eigenvalue weighted by molar-refractivity contribution is -0.274. The van der Waals surface area contributed by atoms with Gasteiger partial charge in [-0.05, 0) is 38.8 Å². The number of carbonyl (C=O) groups excluding carboxylic acids is 1. The summed E-state index contributed by atoms with van der Waals surface area (Å²) in [5.41, 5.74) is 0.273. The average molecular weight is 559 g/mol. The molecule has 1 saturated carbocycles. The topological polar surface area (TPSA) is 108 Å². The number of benzene rings is 1. The third-order valence-electron chi connectivity index (χ3n) is 6.72. The molecule has 14 heteroatoms. The van der Waals surface area contributed by atoms with Gasteiger partial charge in [-0.3, -0.25) is 4.79 Å². The van der Waals surface area contributed by atoms with Crippen LogP contribution in [-0.2, 0) is 11.3 Å². The number of hydrogen-bond donors (Lipinski definition) is 3. The summed E-state index contributed by atoms with van der Waals surface area (Å²) in [7, 11) is 3.86. The first kappa shape index (κ1) is 29.5. The molecule has 0 spiro atoms. The van der Waals surface area contributed by atoms with Crippen molar-refractivity contribution in [2.24, 2.45) is 5.92 Å². The zero-order valence-electron chi connectivity index (χ0n) is 21.4. The van der Waals surface area contributed by atoms with Crippen molar-refractivity contribution < 1.29 is 22.7 Å². The predicted octanol–water partition coefficient (Wildman–Crippen LogP) is 3.27. The van der Waals surface area contributed by atoms with Gasteiger partial charge in [0.05, 0.1) is 0 Å². The van der Waals surface area contributed by atoms with Crippen LogP contribution in [0.3, 0.4) is 0 Å². The first-order valence-electron chi connectivity index (χ1n) is 12.5. The van der Waals surface area contributed by atoms with Crippen molar-refractivity contribution in [2.45, 2.75) is 44.6 Å². The number of nitrogens with one attached hydrogen (secondary N) is 3. The summed E-state index contributed by atoms with van der Waals surface area (Å²) in [5, 5.41) is 9.16. The fourth-order valence-corrected chi connectivity index (χ4v) is 4.57. The Morgan fingerprint density at radius 2 is 1.68 bits per heavy atom. The van der Waals surface area contributed by atoms with Crippen molar-refractivity contribution in [3.05, 3.63) is 29.8 Å². The lowest BCUT2D eigenvalue weighted by atomic mass is 9.85. The number of ether oxygens (including phenoxy) is 1. The maximum absolute atomic E-state index is 12.7. The number of anilines is 3. The van der Waals surface area contributed by atoms with Crippen LogP contribution in [-0.4, -0.2) is 78.4 Å². The Morgan fingerprint density at radius 1 is 1.03 bits per heavy atom. The molecule has 2 heterocycles. The minimum atomic E-state index is -4.79. The molecule has 1 aliphatic carbocycles. The highest BCUT2D eigenvalue weighted by molar-refractivity contribution is 5.85. The molecule has 1 aromatic carbocycles. The third-order valence-corrected chi connectivity index (χ3v) is 6.72. The van der Waals surface area contributed by atoms with Gasteiger partial charge in [-0.2, -0.15) is 15.0 Å². The second-order valence-electron chi connectivity index (χ2n) is 9.39. The number of carbonyl (C=O) groups is 1. The zero-order chi connectivity index (χ0) is 26.4. The Labute approximate surface area is 226 Å². The maximum Gasteiger partial charge on any atom is 0.573 e. The van der Waals surface area contributed by atoms with Gasteiger partial charge in [-0.25, -0.2) is 0 Å². The number of aromatic nitrogens is 3. The lowest BCUT2D eigenvalue weighted by Crippen LogP contribution is -2.45. The molecule has 210 valence electrons. The van der Waals surface area contributed by atoms with Gasteiger partial charge in [-0.1, -0.05) is 18.2 Å². The highest BCUT2D eigenvalue weighted by Crippen LogP contribution is 2.28. The standard InChI is InChI=1S/C24H33F3N8O2.ClH/c1-28-21-31-22(33-23(32-21)35-13-11-34(2)12-14-35)30-18-9-7-16(8-10-18)20(36)29-15-17-5-3-4-6-19(17)37-24(25,26)27;/h3-6,16,18H,7-15H2,1-2H3,(H,29,36)(H2,28,30,31,32,33);1H/t16-,18+;. The number of amides is 1. The molecule has 4 rings (SSSR count). The van der Waals surface area contributed by atoms with Crippen molar-refractivity contribution in [1.82, 2.24) is 25.2 Å². The first-order chi connectivity index (χ1) is 17.7. The molecule has 2 aromatic rings. The molecule has 1 saturated heterocycles. The summed E-state index contributed by atoms with van der Waals surface area (Å²) in [6.07, 6.45) is -1.99. The molecule has 1 aromatic heterocycles. The molecule has 0 radical (unpaired) electrons. The van der Waals surface area contributed by atoms with Crippen LogP contribution < -0.4 is 25.6 Å². The van der Waals surface area contributed by atoms with Crippen LogP contribution in [0.1, 0.15) is 31.2 Å². The molecule has 2 fully saturated rings. The molecule has 3 N–H and O–H groups in total. The van der Waals surface area contributed by atoms with Crippen molar-refractivity contribution >= 4 is 36.2 Å². The van der Waals surface area contributed by atoms with Crippen LogP contribution in [0.2, 0.25) is 0 Å². The van der Waals surface area contributed by atoms with E-state index in [-0.39, 0.29) is 48.1 Å². The maximum atomic E-state index is 12.7. The van der Waals surface area contributed by atoms with Crippen LogP contribution in [0.5, 0.6) is 5.75 Å². The van der Waals surface area contributed by atoms with Crippen molar-refractivity contribution in [3.8, 4) is 5.75 Å². The zero-order valence-corrected chi connectivity index (χ0v) is 22.2. The number of piperazine rings is 1. The Bertz CT molecular complexity index is 1060. The molecule has 1 amide bonds. The number of rotatable bonds is 8. The SMILES string of the molecule is CNc1nc(N[C@H]2CC[C@@H](C(=O)NCc3ccccc3OC(F)(F)F)CC2)nc(N2CCN(C)CC2)n1.Cl. The number of alkyl halides is 3. The van der Waals surface area contributed by atoms with Gasteiger partial charge in [-0.15, -0.1) is 25.6 Å². The van der Waals surface area contributed by atoms with E-state index in [1.54, 1.807) is 13.1 Å². The monoisotopic (exact) mass is 558 g/mol. The van der Waals surface area contributed by atoms with Gasteiger partial charge in [0.2, 0.25) is 23.8 Å². The Kier molecular flexibility index (Phi) is 10.2. The molecule has 10 nitrogen and oxygen atoms in total. The van der Waals surface area contributed by atoms with E-state index in [1.807, 2.05) is 0 Å². The molecule has 38 heavy (non-hydrogen) atoms. The summed E-state index contributed by atoms with van der Waals surface area (Å²) in [6.45, 7) is 3.54. The van der Waals surface area contributed by atoms with Crippen LogP contribution in [0.25, 0.3) is 0 Å². The number of halogens is 4. The summed E-state index contributed by atoms with van der Waals surface area (Å²) < 4.78 is 42.0. The third kappa shape index (κ3) is 8.22. The highest BCUT2D eigenvalue weighted by atomic mass is 35.5. The second-order valence-corrected chi connectivity index (χ2v) is 9.39. The van der Waals surface area contributed by atoms with Gasteiger partial charge >= 0.3 is 6.36 Å². The summed E-state index contributed by atoms with van der Waals surface area (Å²) >= 11 is 0.